The monoisotopic (exact) mass is 297 g/mol. The molecule has 1 heterocycles. The molecule has 100 valence electrons. The van der Waals surface area contributed by atoms with Crippen LogP contribution in [0.5, 0.6) is 0 Å². The zero-order chi connectivity index (χ0) is 12.5. The van der Waals surface area contributed by atoms with E-state index in [1.54, 1.807) is 4.68 Å². The molecule has 3 rings (SSSR count). The van der Waals surface area contributed by atoms with Crippen LogP contribution in [0, 0.1) is 0 Å². The summed E-state index contributed by atoms with van der Waals surface area (Å²) < 4.78 is 1.69. The first-order valence-electron chi connectivity index (χ1n) is 5.74. The highest BCUT2D eigenvalue weighted by molar-refractivity contribution is 6.18. The van der Waals surface area contributed by atoms with Crippen molar-refractivity contribution in [3.05, 3.63) is 36.4 Å². The Kier molecular flexibility index (Phi) is 4.24. The Morgan fingerprint density at radius 2 is 2.00 bits per heavy atom. The van der Waals surface area contributed by atoms with Crippen LogP contribution in [-0.4, -0.2) is 32.1 Å². The maximum Gasteiger partial charge on any atom is 0.121 e. The van der Waals surface area contributed by atoms with Gasteiger partial charge in [0.15, 0.2) is 0 Å². The standard InChI is InChI=1S/C13H12ClN3O.ClH/c14-7-10(18)8-17-12-6-5-9-3-1-2-4-11(9)13(12)15-16-17;/h1-6,10,18H,7-8H2;1H. The normalized spacial score (nSPS) is 12.5. The number of aliphatic hydroxyl groups excluding tert-OH is 1. The third-order valence-corrected chi connectivity index (χ3v) is 3.33. The summed E-state index contributed by atoms with van der Waals surface area (Å²) in [4.78, 5) is 0. The molecule has 1 atom stereocenters. The fourth-order valence-corrected chi connectivity index (χ4v) is 2.18. The Morgan fingerprint density at radius 3 is 2.79 bits per heavy atom. The molecule has 19 heavy (non-hydrogen) atoms. The van der Waals surface area contributed by atoms with E-state index in [1.165, 1.54) is 0 Å². The molecule has 4 nitrogen and oxygen atoms in total. The van der Waals surface area contributed by atoms with Gasteiger partial charge in [-0.15, -0.1) is 29.1 Å². The minimum atomic E-state index is -0.608. The van der Waals surface area contributed by atoms with Crippen molar-refractivity contribution >= 4 is 45.8 Å². The molecule has 6 heteroatoms. The van der Waals surface area contributed by atoms with Crippen molar-refractivity contribution in [2.75, 3.05) is 5.88 Å². The third kappa shape index (κ3) is 2.52. The summed E-state index contributed by atoms with van der Waals surface area (Å²) in [6.45, 7) is 0.359. The van der Waals surface area contributed by atoms with Crippen LogP contribution in [0.4, 0.5) is 0 Å². The van der Waals surface area contributed by atoms with Gasteiger partial charge in [0.05, 0.1) is 24.0 Å². The number of rotatable bonds is 3. The van der Waals surface area contributed by atoms with Crippen LogP contribution < -0.4 is 0 Å². The van der Waals surface area contributed by atoms with E-state index >= 15 is 0 Å². The van der Waals surface area contributed by atoms with E-state index in [-0.39, 0.29) is 18.3 Å². The third-order valence-electron chi connectivity index (χ3n) is 2.97. The van der Waals surface area contributed by atoms with Crippen molar-refractivity contribution in [3.63, 3.8) is 0 Å². The smallest absolute Gasteiger partial charge is 0.121 e. The van der Waals surface area contributed by atoms with Gasteiger partial charge in [0.1, 0.15) is 5.52 Å². The highest BCUT2D eigenvalue weighted by Gasteiger charge is 2.10. The SMILES string of the molecule is Cl.OC(CCl)Cn1nnc2c3ccccc3ccc21. The highest BCUT2D eigenvalue weighted by Crippen LogP contribution is 2.23. The molecule has 0 aliphatic carbocycles. The molecular formula is C13H13Cl2N3O. The molecule has 0 fully saturated rings. The van der Waals surface area contributed by atoms with Gasteiger partial charge in [0, 0.05) is 5.39 Å². The lowest BCUT2D eigenvalue weighted by atomic mass is 10.1. The molecule has 0 spiro atoms. The van der Waals surface area contributed by atoms with E-state index < -0.39 is 6.10 Å². The quantitative estimate of drug-likeness (QED) is 0.756. The zero-order valence-electron chi connectivity index (χ0n) is 10.0. The minimum Gasteiger partial charge on any atom is -0.390 e. The Balaban J connectivity index is 0.00000133. The molecule has 0 aliphatic rings. The van der Waals surface area contributed by atoms with Gasteiger partial charge in [-0.1, -0.05) is 35.5 Å². The zero-order valence-corrected chi connectivity index (χ0v) is 11.6. The summed E-state index contributed by atoms with van der Waals surface area (Å²) in [5, 5.41) is 20.1. The second-order valence-electron chi connectivity index (χ2n) is 4.23. The first kappa shape index (κ1) is 14.1. The number of hydrogen-bond donors (Lipinski definition) is 1. The molecule has 0 bridgehead atoms. The Hall–Kier alpha value is -1.36. The summed E-state index contributed by atoms with van der Waals surface area (Å²) in [5.74, 6) is 0.189. The summed E-state index contributed by atoms with van der Waals surface area (Å²) in [7, 11) is 0. The number of fused-ring (bicyclic) bond motifs is 3. The summed E-state index contributed by atoms with van der Waals surface area (Å²) in [5.41, 5.74) is 1.77. The summed E-state index contributed by atoms with van der Waals surface area (Å²) >= 11 is 5.60. The van der Waals surface area contributed by atoms with E-state index in [9.17, 15) is 5.11 Å². The molecule has 0 aliphatic heterocycles. The molecule has 0 radical (unpaired) electrons. The molecule has 1 N–H and O–H groups in total. The van der Waals surface area contributed by atoms with Crippen molar-refractivity contribution in [1.82, 2.24) is 15.0 Å². The molecule has 0 amide bonds. The van der Waals surface area contributed by atoms with Gasteiger partial charge in [-0.05, 0) is 11.5 Å². The number of aliphatic hydroxyl groups is 1. The van der Waals surface area contributed by atoms with Crippen molar-refractivity contribution in [2.45, 2.75) is 12.6 Å². The van der Waals surface area contributed by atoms with Crippen LogP contribution in [0.2, 0.25) is 0 Å². The fourth-order valence-electron chi connectivity index (χ4n) is 2.09. The largest absolute Gasteiger partial charge is 0.390 e. The van der Waals surface area contributed by atoms with Gasteiger partial charge < -0.3 is 5.11 Å². The number of halogens is 2. The van der Waals surface area contributed by atoms with Crippen LogP contribution in [0.25, 0.3) is 21.8 Å². The van der Waals surface area contributed by atoms with E-state index in [4.69, 9.17) is 11.6 Å². The van der Waals surface area contributed by atoms with Crippen molar-refractivity contribution in [1.29, 1.82) is 0 Å². The molecule has 0 saturated carbocycles. The van der Waals surface area contributed by atoms with E-state index in [0.29, 0.717) is 6.54 Å². The van der Waals surface area contributed by atoms with E-state index in [2.05, 4.69) is 10.3 Å². The number of benzene rings is 2. The predicted molar refractivity (Wildman–Crippen MR) is 79.0 cm³/mol. The van der Waals surface area contributed by atoms with Gasteiger partial charge >= 0.3 is 0 Å². The molecule has 1 unspecified atom stereocenters. The Bertz CT molecular complexity index is 698. The fraction of sp³-hybridized carbons (Fsp3) is 0.231. The van der Waals surface area contributed by atoms with Gasteiger partial charge in [-0.2, -0.15) is 0 Å². The maximum atomic E-state index is 9.58. The average molecular weight is 298 g/mol. The lowest BCUT2D eigenvalue weighted by molar-refractivity contribution is 0.172. The van der Waals surface area contributed by atoms with Crippen LogP contribution in [0.1, 0.15) is 0 Å². The van der Waals surface area contributed by atoms with Crippen molar-refractivity contribution < 1.29 is 5.11 Å². The highest BCUT2D eigenvalue weighted by atomic mass is 35.5. The predicted octanol–water partition coefficient (Wildman–Crippen LogP) is 2.61. The number of nitrogens with zero attached hydrogens (tertiary/aromatic N) is 3. The van der Waals surface area contributed by atoms with Gasteiger partial charge in [-0.3, -0.25) is 0 Å². The average Bonchev–Trinajstić information content (AvgIpc) is 2.82. The van der Waals surface area contributed by atoms with Crippen molar-refractivity contribution in [2.24, 2.45) is 0 Å². The topological polar surface area (TPSA) is 50.9 Å². The van der Waals surface area contributed by atoms with Crippen LogP contribution >= 0.6 is 24.0 Å². The lowest BCUT2D eigenvalue weighted by Gasteiger charge is -2.06. The second-order valence-corrected chi connectivity index (χ2v) is 4.54. The molecule has 2 aromatic carbocycles. The van der Waals surface area contributed by atoms with Gasteiger partial charge in [-0.25, -0.2) is 4.68 Å². The first-order chi connectivity index (χ1) is 8.79. The molecule has 0 saturated heterocycles. The van der Waals surface area contributed by atoms with Crippen LogP contribution in [0.15, 0.2) is 36.4 Å². The molecule has 3 aromatic rings. The van der Waals surface area contributed by atoms with Gasteiger partial charge in [0.2, 0.25) is 0 Å². The number of aromatic nitrogens is 3. The number of alkyl halides is 1. The van der Waals surface area contributed by atoms with E-state index in [0.717, 1.165) is 21.8 Å². The van der Waals surface area contributed by atoms with Gasteiger partial charge in [0.25, 0.3) is 0 Å². The van der Waals surface area contributed by atoms with Crippen LogP contribution in [-0.2, 0) is 6.54 Å². The Morgan fingerprint density at radius 1 is 1.21 bits per heavy atom. The summed E-state index contributed by atoms with van der Waals surface area (Å²) in [6, 6.07) is 12.0. The summed E-state index contributed by atoms with van der Waals surface area (Å²) in [6.07, 6.45) is -0.608. The number of hydrogen-bond acceptors (Lipinski definition) is 3. The van der Waals surface area contributed by atoms with Crippen molar-refractivity contribution in [3.8, 4) is 0 Å². The van der Waals surface area contributed by atoms with E-state index in [1.807, 2.05) is 36.4 Å². The second kappa shape index (κ2) is 5.74. The first-order valence-corrected chi connectivity index (χ1v) is 6.28. The van der Waals surface area contributed by atoms with Crippen LogP contribution in [0.3, 0.4) is 0 Å². The molecule has 1 aromatic heterocycles. The maximum absolute atomic E-state index is 9.58. The minimum absolute atomic E-state index is 0. The lowest BCUT2D eigenvalue weighted by Crippen LogP contribution is -2.18. The Labute approximate surface area is 121 Å². The molecular weight excluding hydrogens is 285 g/mol.